The van der Waals surface area contributed by atoms with Crippen LogP contribution in [0, 0.1) is 6.92 Å². The van der Waals surface area contributed by atoms with Crippen LogP contribution in [-0.2, 0) is 16.0 Å². The SMILES string of the molecule is COC(=O)c1c(C)cc(OC)c(CN2CCOCC2)c1OC. The molecule has 6 nitrogen and oxygen atoms in total. The molecular formula is C16H23NO5. The Morgan fingerprint density at radius 2 is 1.91 bits per heavy atom. The quantitative estimate of drug-likeness (QED) is 0.771. The third-order valence-corrected chi connectivity index (χ3v) is 3.84. The van der Waals surface area contributed by atoms with E-state index in [1.165, 1.54) is 7.11 Å². The van der Waals surface area contributed by atoms with Crippen LogP contribution in [-0.4, -0.2) is 58.5 Å². The monoisotopic (exact) mass is 309 g/mol. The molecule has 22 heavy (non-hydrogen) atoms. The average Bonchev–Trinajstić information content (AvgIpc) is 2.55. The number of rotatable bonds is 5. The van der Waals surface area contributed by atoms with Gasteiger partial charge in [-0.05, 0) is 18.6 Å². The van der Waals surface area contributed by atoms with Crippen molar-refractivity contribution in [3.8, 4) is 11.5 Å². The summed E-state index contributed by atoms with van der Waals surface area (Å²) in [5, 5.41) is 0. The Hall–Kier alpha value is -1.79. The molecule has 1 aliphatic heterocycles. The zero-order valence-corrected chi connectivity index (χ0v) is 13.6. The van der Waals surface area contributed by atoms with Crippen LogP contribution in [0.25, 0.3) is 0 Å². The summed E-state index contributed by atoms with van der Waals surface area (Å²) in [5.41, 5.74) is 2.08. The number of benzene rings is 1. The summed E-state index contributed by atoms with van der Waals surface area (Å²) in [7, 11) is 4.55. The lowest BCUT2D eigenvalue weighted by molar-refractivity contribution is 0.0334. The van der Waals surface area contributed by atoms with Gasteiger partial charge in [-0.3, -0.25) is 4.90 Å². The largest absolute Gasteiger partial charge is 0.496 e. The molecule has 2 rings (SSSR count). The maximum atomic E-state index is 12.1. The van der Waals surface area contributed by atoms with E-state index < -0.39 is 5.97 Å². The standard InChI is InChI=1S/C16H23NO5/c1-11-9-13(19-2)12(10-17-5-7-22-8-6-17)15(20-3)14(11)16(18)21-4/h9H,5-8,10H2,1-4H3. The van der Waals surface area contributed by atoms with Crippen LogP contribution in [0.5, 0.6) is 11.5 Å². The summed E-state index contributed by atoms with van der Waals surface area (Å²) >= 11 is 0. The first-order valence-electron chi connectivity index (χ1n) is 7.25. The molecule has 6 heteroatoms. The number of nitrogens with zero attached hydrogens (tertiary/aromatic N) is 1. The minimum Gasteiger partial charge on any atom is -0.496 e. The molecule has 1 aliphatic rings. The minimum absolute atomic E-state index is 0.403. The molecule has 0 unspecified atom stereocenters. The second-order valence-electron chi connectivity index (χ2n) is 5.16. The molecule has 0 amide bonds. The van der Waals surface area contributed by atoms with Gasteiger partial charge in [0, 0.05) is 19.6 Å². The molecule has 0 radical (unpaired) electrons. The van der Waals surface area contributed by atoms with Gasteiger partial charge in [0.25, 0.3) is 0 Å². The Morgan fingerprint density at radius 3 is 2.45 bits per heavy atom. The van der Waals surface area contributed by atoms with Crippen LogP contribution in [0.15, 0.2) is 6.07 Å². The lowest BCUT2D eigenvalue weighted by Crippen LogP contribution is -2.36. The van der Waals surface area contributed by atoms with Gasteiger partial charge in [-0.25, -0.2) is 4.79 Å². The predicted octanol–water partition coefficient (Wildman–Crippen LogP) is 1.63. The summed E-state index contributed by atoms with van der Waals surface area (Å²) in [6.07, 6.45) is 0. The number of morpholine rings is 1. The molecule has 0 N–H and O–H groups in total. The third kappa shape index (κ3) is 3.34. The van der Waals surface area contributed by atoms with Gasteiger partial charge in [0.1, 0.15) is 17.1 Å². The fourth-order valence-electron chi connectivity index (χ4n) is 2.69. The fourth-order valence-corrected chi connectivity index (χ4v) is 2.69. The van der Waals surface area contributed by atoms with Gasteiger partial charge in [0.05, 0.1) is 40.1 Å². The van der Waals surface area contributed by atoms with E-state index in [-0.39, 0.29) is 0 Å². The van der Waals surface area contributed by atoms with Gasteiger partial charge >= 0.3 is 5.97 Å². The molecule has 122 valence electrons. The Kier molecular flexibility index (Phi) is 5.63. The van der Waals surface area contributed by atoms with Crippen molar-refractivity contribution in [3.63, 3.8) is 0 Å². The highest BCUT2D eigenvalue weighted by atomic mass is 16.5. The van der Waals surface area contributed by atoms with E-state index in [2.05, 4.69) is 4.90 Å². The molecule has 1 aromatic carbocycles. The van der Waals surface area contributed by atoms with Crippen molar-refractivity contribution in [2.45, 2.75) is 13.5 Å². The number of hydrogen-bond donors (Lipinski definition) is 0. The smallest absolute Gasteiger partial charge is 0.341 e. The Bertz CT molecular complexity index is 538. The first-order chi connectivity index (χ1) is 10.6. The number of esters is 1. The van der Waals surface area contributed by atoms with Crippen LogP contribution >= 0.6 is 0 Å². The van der Waals surface area contributed by atoms with Crippen LogP contribution in [0.4, 0.5) is 0 Å². The first-order valence-corrected chi connectivity index (χ1v) is 7.25. The van der Waals surface area contributed by atoms with Crippen molar-refractivity contribution in [1.29, 1.82) is 0 Å². The Labute approximate surface area is 130 Å². The number of hydrogen-bond acceptors (Lipinski definition) is 6. The van der Waals surface area contributed by atoms with Crippen LogP contribution in [0.3, 0.4) is 0 Å². The molecule has 0 spiro atoms. The third-order valence-electron chi connectivity index (χ3n) is 3.84. The van der Waals surface area contributed by atoms with Crippen LogP contribution < -0.4 is 9.47 Å². The molecule has 0 aromatic heterocycles. The van der Waals surface area contributed by atoms with Crippen LogP contribution in [0.1, 0.15) is 21.5 Å². The Balaban J connectivity index is 2.46. The number of ether oxygens (including phenoxy) is 4. The van der Waals surface area contributed by atoms with E-state index in [1.807, 2.05) is 13.0 Å². The summed E-state index contributed by atoms with van der Waals surface area (Å²) in [6, 6.07) is 1.85. The lowest BCUT2D eigenvalue weighted by atomic mass is 10.0. The summed E-state index contributed by atoms with van der Waals surface area (Å²) in [4.78, 5) is 14.3. The van der Waals surface area contributed by atoms with Gasteiger partial charge in [-0.2, -0.15) is 0 Å². The Morgan fingerprint density at radius 1 is 1.23 bits per heavy atom. The highest BCUT2D eigenvalue weighted by molar-refractivity contribution is 5.95. The molecule has 0 atom stereocenters. The predicted molar refractivity (Wildman–Crippen MR) is 81.7 cm³/mol. The summed E-state index contributed by atoms with van der Waals surface area (Å²) < 4.78 is 21.3. The number of methoxy groups -OCH3 is 3. The zero-order chi connectivity index (χ0) is 16.1. The van der Waals surface area contributed by atoms with E-state index in [4.69, 9.17) is 18.9 Å². The van der Waals surface area contributed by atoms with Crippen molar-refractivity contribution in [3.05, 3.63) is 22.8 Å². The number of aryl methyl sites for hydroxylation is 1. The van der Waals surface area contributed by atoms with E-state index >= 15 is 0 Å². The topological polar surface area (TPSA) is 57.2 Å². The first kappa shape index (κ1) is 16.6. The lowest BCUT2D eigenvalue weighted by Gasteiger charge is -2.28. The van der Waals surface area contributed by atoms with Crippen molar-refractivity contribution in [1.82, 2.24) is 4.90 Å². The molecular weight excluding hydrogens is 286 g/mol. The second-order valence-corrected chi connectivity index (χ2v) is 5.16. The fraction of sp³-hybridized carbons (Fsp3) is 0.562. The van der Waals surface area contributed by atoms with Gasteiger partial charge in [-0.1, -0.05) is 0 Å². The van der Waals surface area contributed by atoms with E-state index in [9.17, 15) is 4.79 Å². The normalized spacial score (nSPS) is 15.5. The van der Waals surface area contributed by atoms with Crippen LogP contribution in [0.2, 0.25) is 0 Å². The van der Waals surface area contributed by atoms with E-state index in [1.54, 1.807) is 14.2 Å². The van der Waals surface area contributed by atoms with Crippen molar-refractivity contribution < 1.29 is 23.7 Å². The molecule has 0 saturated carbocycles. The van der Waals surface area contributed by atoms with Gasteiger partial charge in [0.2, 0.25) is 0 Å². The molecule has 1 heterocycles. The summed E-state index contributed by atoms with van der Waals surface area (Å²) in [6.45, 7) is 5.58. The summed E-state index contributed by atoms with van der Waals surface area (Å²) in [5.74, 6) is 0.837. The van der Waals surface area contributed by atoms with E-state index in [0.717, 1.165) is 24.2 Å². The van der Waals surface area contributed by atoms with Gasteiger partial charge in [0.15, 0.2) is 0 Å². The number of carbonyl (C=O) groups is 1. The maximum absolute atomic E-state index is 12.1. The minimum atomic E-state index is -0.403. The highest BCUT2D eigenvalue weighted by Gasteiger charge is 2.25. The van der Waals surface area contributed by atoms with E-state index in [0.29, 0.717) is 36.8 Å². The molecule has 0 bridgehead atoms. The van der Waals surface area contributed by atoms with Crippen molar-refractivity contribution >= 4 is 5.97 Å². The average molecular weight is 309 g/mol. The number of carbonyl (C=O) groups excluding carboxylic acids is 1. The zero-order valence-electron chi connectivity index (χ0n) is 13.6. The van der Waals surface area contributed by atoms with Gasteiger partial charge < -0.3 is 18.9 Å². The molecule has 1 saturated heterocycles. The molecule has 1 aromatic rings. The van der Waals surface area contributed by atoms with Crippen molar-refractivity contribution in [2.24, 2.45) is 0 Å². The van der Waals surface area contributed by atoms with Gasteiger partial charge in [-0.15, -0.1) is 0 Å². The molecule has 0 aliphatic carbocycles. The second kappa shape index (κ2) is 7.47. The van der Waals surface area contributed by atoms with Crippen molar-refractivity contribution in [2.75, 3.05) is 47.6 Å². The molecule has 1 fully saturated rings. The highest BCUT2D eigenvalue weighted by Crippen LogP contribution is 2.36. The maximum Gasteiger partial charge on any atom is 0.341 e.